The molecule has 3 N–H and O–H groups in total. The first-order valence-electron chi connectivity index (χ1n) is 9.00. The Hall–Kier alpha value is -0.340. The average Bonchev–Trinajstić information content (AvgIpc) is 2.49. The summed E-state index contributed by atoms with van der Waals surface area (Å²) in [6.07, 6.45) is 21.3. The van der Waals surface area contributed by atoms with E-state index in [9.17, 15) is 0 Å². The van der Waals surface area contributed by atoms with Crippen molar-refractivity contribution >= 4 is 0 Å². The second-order valence-corrected chi connectivity index (χ2v) is 6.44. The third-order valence-corrected chi connectivity index (χ3v) is 4.54. The lowest BCUT2D eigenvalue weighted by Gasteiger charge is -2.20. The van der Waals surface area contributed by atoms with Crippen LogP contribution in [0.5, 0.6) is 0 Å². The number of hydrogen-bond acceptors (Lipinski definition) is 2. The molecule has 0 aliphatic heterocycles. The Kier molecular flexibility index (Phi) is 11.0. The largest absolute Gasteiger partial charge is 0.271 e. The monoisotopic (exact) mass is 280 g/mol. The lowest BCUT2D eigenvalue weighted by molar-refractivity contribution is 0.449. The van der Waals surface area contributed by atoms with Gasteiger partial charge in [0.1, 0.15) is 0 Å². The maximum Gasteiger partial charge on any atom is 0.0247 e. The minimum absolute atomic E-state index is 0.499. The van der Waals surface area contributed by atoms with Gasteiger partial charge in [-0.1, -0.05) is 69.9 Å². The number of hydrazine groups is 1. The Bertz CT molecular complexity index is 248. The van der Waals surface area contributed by atoms with Gasteiger partial charge in [0, 0.05) is 6.04 Å². The van der Waals surface area contributed by atoms with Gasteiger partial charge in [-0.05, 0) is 38.5 Å². The summed E-state index contributed by atoms with van der Waals surface area (Å²) in [5, 5.41) is 0. The maximum absolute atomic E-state index is 5.71. The van der Waals surface area contributed by atoms with Crippen LogP contribution in [0, 0.1) is 0 Å². The van der Waals surface area contributed by atoms with E-state index in [1.54, 1.807) is 5.57 Å². The Labute approximate surface area is 126 Å². The fourth-order valence-electron chi connectivity index (χ4n) is 3.18. The van der Waals surface area contributed by atoms with E-state index in [0.29, 0.717) is 6.04 Å². The minimum Gasteiger partial charge on any atom is -0.271 e. The van der Waals surface area contributed by atoms with Crippen LogP contribution in [-0.2, 0) is 0 Å². The van der Waals surface area contributed by atoms with Crippen molar-refractivity contribution in [3.05, 3.63) is 11.6 Å². The van der Waals surface area contributed by atoms with E-state index in [1.165, 1.54) is 89.9 Å². The van der Waals surface area contributed by atoms with Crippen molar-refractivity contribution in [1.29, 1.82) is 0 Å². The Morgan fingerprint density at radius 3 is 2.35 bits per heavy atom. The average molecular weight is 280 g/mol. The lowest BCUT2D eigenvalue weighted by atomic mass is 9.92. The molecular weight excluding hydrogens is 244 g/mol. The van der Waals surface area contributed by atoms with Gasteiger partial charge in [-0.3, -0.25) is 11.3 Å². The van der Waals surface area contributed by atoms with Crippen LogP contribution in [0.25, 0.3) is 0 Å². The molecule has 0 aromatic rings. The molecule has 2 heteroatoms. The first-order valence-corrected chi connectivity index (χ1v) is 9.00. The summed E-state index contributed by atoms with van der Waals surface area (Å²) in [5.74, 6) is 5.71. The quantitative estimate of drug-likeness (QED) is 0.222. The first-order chi connectivity index (χ1) is 9.86. The van der Waals surface area contributed by atoms with Crippen molar-refractivity contribution in [2.75, 3.05) is 0 Å². The summed E-state index contributed by atoms with van der Waals surface area (Å²) in [7, 11) is 0. The fourth-order valence-corrected chi connectivity index (χ4v) is 3.18. The van der Waals surface area contributed by atoms with E-state index in [1.807, 2.05) is 0 Å². The molecule has 118 valence electrons. The molecule has 1 unspecified atom stereocenters. The van der Waals surface area contributed by atoms with E-state index >= 15 is 0 Å². The number of unbranched alkanes of at least 4 members (excludes halogenated alkanes) is 7. The van der Waals surface area contributed by atoms with Crippen LogP contribution < -0.4 is 11.3 Å². The fraction of sp³-hybridized carbons (Fsp3) is 0.889. The van der Waals surface area contributed by atoms with Crippen molar-refractivity contribution in [3.63, 3.8) is 0 Å². The summed E-state index contributed by atoms with van der Waals surface area (Å²) in [5.41, 5.74) is 4.67. The van der Waals surface area contributed by atoms with Crippen LogP contribution in [-0.4, -0.2) is 6.04 Å². The predicted octanol–water partition coefficient (Wildman–Crippen LogP) is 5.24. The molecule has 1 atom stereocenters. The third kappa shape index (κ3) is 8.76. The Balaban J connectivity index is 1.99. The molecule has 20 heavy (non-hydrogen) atoms. The highest BCUT2D eigenvalue weighted by atomic mass is 15.2. The van der Waals surface area contributed by atoms with Gasteiger partial charge in [0.15, 0.2) is 0 Å². The van der Waals surface area contributed by atoms with Crippen molar-refractivity contribution in [3.8, 4) is 0 Å². The van der Waals surface area contributed by atoms with Crippen LogP contribution in [0.4, 0.5) is 0 Å². The number of hydrogen-bond donors (Lipinski definition) is 2. The molecular formula is C18H36N2. The summed E-state index contributed by atoms with van der Waals surface area (Å²) < 4.78 is 0. The first kappa shape index (κ1) is 17.7. The molecule has 0 radical (unpaired) electrons. The third-order valence-electron chi connectivity index (χ3n) is 4.54. The summed E-state index contributed by atoms with van der Waals surface area (Å²) in [6.45, 7) is 2.28. The molecule has 1 aliphatic rings. The molecule has 1 rings (SSSR count). The zero-order valence-electron chi connectivity index (χ0n) is 13.6. The molecule has 0 heterocycles. The molecule has 0 bridgehead atoms. The molecule has 0 aromatic heterocycles. The van der Waals surface area contributed by atoms with Crippen molar-refractivity contribution in [2.45, 2.75) is 103 Å². The minimum atomic E-state index is 0.499. The summed E-state index contributed by atoms with van der Waals surface area (Å²) in [6, 6.07) is 0.499. The van der Waals surface area contributed by atoms with Crippen LogP contribution in [0.15, 0.2) is 11.6 Å². The van der Waals surface area contributed by atoms with Gasteiger partial charge in [0.2, 0.25) is 0 Å². The van der Waals surface area contributed by atoms with Gasteiger partial charge >= 0.3 is 0 Å². The molecule has 0 saturated carbocycles. The number of rotatable bonds is 12. The molecule has 0 spiro atoms. The second kappa shape index (κ2) is 12.4. The standard InChI is InChI=1S/C18H36N2/c1-2-3-4-5-6-7-8-12-15-18(20-19)16-17-13-10-9-11-14-17/h13,18,20H,2-12,14-16,19H2,1H3. The van der Waals surface area contributed by atoms with Crippen LogP contribution in [0.3, 0.4) is 0 Å². The zero-order valence-corrected chi connectivity index (χ0v) is 13.6. The van der Waals surface area contributed by atoms with E-state index in [2.05, 4.69) is 18.4 Å². The lowest BCUT2D eigenvalue weighted by Crippen LogP contribution is -2.35. The SMILES string of the molecule is CCCCCCCCCCC(CC1=CCCCC1)NN. The maximum atomic E-state index is 5.71. The summed E-state index contributed by atoms with van der Waals surface area (Å²) in [4.78, 5) is 0. The van der Waals surface area contributed by atoms with Gasteiger partial charge in [0.05, 0.1) is 0 Å². The molecule has 2 nitrogen and oxygen atoms in total. The normalized spacial score (nSPS) is 17.0. The van der Waals surface area contributed by atoms with Crippen LogP contribution in [0.2, 0.25) is 0 Å². The van der Waals surface area contributed by atoms with Crippen molar-refractivity contribution < 1.29 is 0 Å². The van der Waals surface area contributed by atoms with E-state index < -0.39 is 0 Å². The van der Waals surface area contributed by atoms with Crippen molar-refractivity contribution in [2.24, 2.45) is 5.84 Å². The van der Waals surface area contributed by atoms with Gasteiger partial charge in [0.25, 0.3) is 0 Å². The van der Waals surface area contributed by atoms with Gasteiger partial charge in [-0.15, -0.1) is 0 Å². The van der Waals surface area contributed by atoms with Crippen LogP contribution in [0.1, 0.15) is 96.8 Å². The van der Waals surface area contributed by atoms with Crippen LogP contribution >= 0.6 is 0 Å². The van der Waals surface area contributed by atoms with Gasteiger partial charge in [-0.25, -0.2) is 0 Å². The van der Waals surface area contributed by atoms with Gasteiger partial charge in [-0.2, -0.15) is 0 Å². The molecule has 0 saturated heterocycles. The van der Waals surface area contributed by atoms with E-state index in [-0.39, 0.29) is 0 Å². The van der Waals surface area contributed by atoms with E-state index in [0.717, 1.165) is 0 Å². The highest BCUT2D eigenvalue weighted by Crippen LogP contribution is 2.22. The Morgan fingerprint density at radius 2 is 1.75 bits per heavy atom. The number of nitrogens with one attached hydrogen (secondary N) is 1. The number of nitrogens with two attached hydrogens (primary N) is 1. The summed E-state index contributed by atoms with van der Waals surface area (Å²) >= 11 is 0. The molecule has 0 aromatic carbocycles. The second-order valence-electron chi connectivity index (χ2n) is 6.44. The van der Waals surface area contributed by atoms with Gasteiger partial charge < -0.3 is 0 Å². The zero-order chi connectivity index (χ0) is 14.5. The molecule has 0 amide bonds. The topological polar surface area (TPSA) is 38.0 Å². The smallest absolute Gasteiger partial charge is 0.0247 e. The molecule has 1 aliphatic carbocycles. The predicted molar refractivity (Wildman–Crippen MR) is 89.5 cm³/mol. The Morgan fingerprint density at radius 1 is 1.05 bits per heavy atom. The van der Waals surface area contributed by atoms with Crippen molar-refractivity contribution in [1.82, 2.24) is 5.43 Å². The molecule has 0 fully saturated rings. The van der Waals surface area contributed by atoms with E-state index in [4.69, 9.17) is 5.84 Å². The highest BCUT2D eigenvalue weighted by Gasteiger charge is 2.11. The highest BCUT2D eigenvalue weighted by molar-refractivity contribution is 5.06. The number of allylic oxidation sites excluding steroid dienone is 1.